The highest BCUT2D eigenvalue weighted by Crippen LogP contribution is 2.21. The van der Waals surface area contributed by atoms with Gasteiger partial charge >= 0.3 is 5.97 Å². The van der Waals surface area contributed by atoms with Crippen LogP contribution in [-0.4, -0.2) is 58.2 Å². The molecule has 0 aromatic carbocycles. The van der Waals surface area contributed by atoms with Crippen LogP contribution >= 0.6 is 0 Å². The summed E-state index contributed by atoms with van der Waals surface area (Å²) < 4.78 is 0. The largest absolute Gasteiger partial charge is 0.477 e. The summed E-state index contributed by atoms with van der Waals surface area (Å²) in [5.74, 6) is -0.525. The third kappa shape index (κ3) is 2.43. The molecule has 2 rings (SSSR count). The first-order valence-electron chi connectivity index (χ1n) is 5.93. The van der Waals surface area contributed by atoms with E-state index in [-0.39, 0.29) is 11.2 Å². The summed E-state index contributed by atoms with van der Waals surface area (Å²) in [7, 11) is 2.09. The van der Waals surface area contributed by atoms with E-state index in [1.54, 1.807) is 0 Å². The van der Waals surface area contributed by atoms with Crippen molar-refractivity contribution >= 4 is 11.9 Å². The lowest BCUT2D eigenvalue weighted by molar-refractivity contribution is 0.0690. The molecule has 1 aromatic heterocycles. The fraction of sp³-hybridized carbons (Fsp3) is 0.583. The number of hydrogen-bond donors (Lipinski definition) is 1. The van der Waals surface area contributed by atoms with Crippen molar-refractivity contribution in [1.29, 1.82) is 0 Å². The number of carboxylic acid groups (broad SMARTS) is 1. The average molecular weight is 250 g/mol. The maximum absolute atomic E-state index is 10.9. The number of aromatic nitrogens is 2. The fourth-order valence-electron chi connectivity index (χ4n) is 2.03. The van der Waals surface area contributed by atoms with Crippen LogP contribution in [0.15, 0.2) is 12.3 Å². The smallest absolute Gasteiger partial charge is 0.354 e. The SMILES string of the molecule is CN1CCN(c2nccc(C(=O)O)n2)CC1(C)C. The number of hydrogen-bond acceptors (Lipinski definition) is 5. The minimum atomic E-state index is -1.02. The molecule has 6 heteroatoms. The van der Waals surface area contributed by atoms with Crippen molar-refractivity contribution in [1.82, 2.24) is 14.9 Å². The highest BCUT2D eigenvalue weighted by Gasteiger charge is 2.32. The van der Waals surface area contributed by atoms with Gasteiger partial charge in [-0.05, 0) is 27.0 Å². The van der Waals surface area contributed by atoms with Crippen molar-refractivity contribution in [2.45, 2.75) is 19.4 Å². The molecule has 0 radical (unpaired) electrons. The Bertz CT molecular complexity index is 461. The molecule has 0 aliphatic carbocycles. The second-order valence-corrected chi connectivity index (χ2v) is 5.20. The van der Waals surface area contributed by atoms with Crippen LogP contribution in [0.5, 0.6) is 0 Å². The Morgan fingerprint density at radius 3 is 2.78 bits per heavy atom. The lowest BCUT2D eigenvalue weighted by atomic mass is 10.0. The molecule has 1 saturated heterocycles. The molecule has 98 valence electrons. The average Bonchev–Trinajstić information content (AvgIpc) is 2.33. The third-order valence-corrected chi connectivity index (χ3v) is 3.46. The van der Waals surface area contributed by atoms with Crippen LogP contribution in [0.1, 0.15) is 24.3 Å². The van der Waals surface area contributed by atoms with Crippen LogP contribution < -0.4 is 4.90 Å². The molecule has 18 heavy (non-hydrogen) atoms. The first-order chi connectivity index (χ1) is 8.40. The summed E-state index contributed by atoms with van der Waals surface area (Å²) in [6.07, 6.45) is 1.50. The van der Waals surface area contributed by atoms with Gasteiger partial charge in [-0.25, -0.2) is 14.8 Å². The second kappa shape index (κ2) is 4.53. The van der Waals surface area contributed by atoms with Gasteiger partial charge in [0.25, 0.3) is 0 Å². The molecule has 1 fully saturated rings. The van der Waals surface area contributed by atoms with Gasteiger partial charge in [0.05, 0.1) is 0 Å². The van der Waals surface area contributed by atoms with Gasteiger partial charge in [0.1, 0.15) is 0 Å². The topological polar surface area (TPSA) is 69.6 Å². The standard InChI is InChI=1S/C12H18N4O2/c1-12(2)8-16(7-6-15(12)3)11-13-5-4-9(14-11)10(17)18/h4-5H,6-8H2,1-3H3,(H,17,18). The first kappa shape index (κ1) is 12.8. The lowest BCUT2D eigenvalue weighted by Gasteiger charge is -2.45. The number of carboxylic acids is 1. The first-order valence-corrected chi connectivity index (χ1v) is 5.93. The van der Waals surface area contributed by atoms with Crippen molar-refractivity contribution in [3.63, 3.8) is 0 Å². The van der Waals surface area contributed by atoms with E-state index >= 15 is 0 Å². The highest BCUT2D eigenvalue weighted by atomic mass is 16.4. The summed E-state index contributed by atoms with van der Waals surface area (Å²) in [6, 6.07) is 1.41. The van der Waals surface area contributed by atoms with Gasteiger partial charge in [-0.1, -0.05) is 0 Å². The normalized spacial score (nSPS) is 19.8. The molecule has 0 spiro atoms. The lowest BCUT2D eigenvalue weighted by Crippen LogP contribution is -2.58. The summed E-state index contributed by atoms with van der Waals surface area (Å²) in [4.78, 5) is 23.5. The molecule has 0 bridgehead atoms. The van der Waals surface area contributed by atoms with Crippen LogP contribution in [-0.2, 0) is 0 Å². The molecule has 0 atom stereocenters. The minimum Gasteiger partial charge on any atom is -0.477 e. The molecule has 0 unspecified atom stereocenters. The number of aromatic carboxylic acids is 1. The molecule has 6 nitrogen and oxygen atoms in total. The summed E-state index contributed by atoms with van der Waals surface area (Å²) in [5, 5.41) is 8.94. The highest BCUT2D eigenvalue weighted by molar-refractivity contribution is 5.85. The van der Waals surface area contributed by atoms with Crippen molar-refractivity contribution in [3.05, 3.63) is 18.0 Å². The van der Waals surface area contributed by atoms with Crippen LogP contribution in [0.25, 0.3) is 0 Å². The van der Waals surface area contributed by atoms with Crippen molar-refractivity contribution in [3.8, 4) is 0 Å². The Kier molecular flexibility index (Phi) is 3.21. The van der Waals surface area contributed by atoms with E-state index in [4.69, 9.17) is 5.11 Å². The molecule has 2 heterocycles. The van der Waals surface area contributed by atoms with E-state index in [0.717, 1.165) is 19.6 Å². The Hall–Kier alpha value is -1.69. The summed E-state index contributed by atoms with van der Waals surface area (Å²) in [6.45, 7) is 6.81. The number of anilines is 1. The molecule has 1 aromatic rings. The van der Waals surface area contributed by atoms with E-state index in [9.17, 15) is 4.79 Å². The number of carbonyl (C=O) groups is 1. The van der Waals surface area contributed by atoms with Crippen LogP contribution in [0.4, 0.5) is 5.95 Å². The Morgan fingerprint density at radius 1 is 1.44 bits per heavy atom. The summed E-state index contributed by atoms with van der Waals surface area (Å²) in [5.41, 5.74) is 0.0673. The number of nitrogens with zero attached hydrogens (tertiary/aromatic N) is 4. The zero-order valence-corrected chi connectivity index (χ0v) is 10.9. The zero-order valence-electron chi connectivity index (χ0n) is 10.9. The number of likely N-dealkylation sites (N-methyl/N-ethyl adjacent to an activating group) is 1. The Morgan fingerprint density at radius 2 is 2.17 bits per heavy atom. The van der Waals surface area contributed by atoms with Crippen molar-refractivity contribution < 1.29 is 9.90 Å². The fourth-order valence-corrected chi connectivity index (χ4v) is 2.03. The maximum Gasteiger partial charge on any atom is 0.354 e. The van der Waals surface area contributed by atoms with E-state index in [1.807, 2.05) is 4.90 Å². The molecule has 0 amide bonds. The van der Waals surface area contributed by atoms with Gasteiger partial charge in [0.15, 0.2) is 5.69 Å². The van der Waals surface area contributed by atoms with Gasteiger partial charge in [-0.3, -0.25) is 4.90 Å². The zero-order chi connectivity index (χ0) is 13.3. The van der Waals surface area contributed by atoms with E-state index in [2.05, 4.69) is 35.8 Å². The van der Waals surface area contributed by atoms with E-state index in [1.165, 1.54) is 12.3 Å². The third-order valence-electron chi connectivity index (χ3n) is 3.46. The molecular formula is C12H18N4O2. The van der Waals surface area contributed by atoms with Gasteiger partial charge in [-0.2, -0.15) is 0 Å². The minimum absolute atomic E-state index is 0.0286. The van der Waals surface area contributed by atoms with E-state index < -0.39 is 5.97 Å². The van der Waals surface area contributed by atoms with Gasteiger partial charge in [0, 0.05) is 31.4 Å². The van der Waals surface area contributed by atoms with E-state index in [0.29, 0.717) is 5.95 Å². The molecule has 0 saturated carbocycles. The second-order valence-electron chi connectivity index (χ2n) is 5.20. The van der Waals surface area contributed by atoms with Crippen LogP contribution in [0.2, 0.25) is 0 Å². The Labute approximate surface area is 106 Å². The van der Waals surface area contributed by atoms with Crippen molar-refractivity contribution in [2.24, 2.45) is 0 Å². The molecule has 1 aliphatic rings. The monoisotopic (exact) mass is 250 g/mol. The predicted molar refractivity (Wildman–Crippen MR) is 67.9 cm³/mol. The van der Waals surface area contributed by atoms with Gasteiger partial charge < -0.3 is 10.0 Å². The van der Waals surface area contributed by atoms with Gasteiger partial charge in [0.2, 0.25) is 5.95 Å². The van der Waals surface area contributed by atoms with Crippen molar-refractivity contribution in [2.75, 3.05) is 31.6 Å². The summed E-state index contributed by atoms with van der Waals surface area (Å²) >= 11 is 0. The van der Waals surface area contributed by atoms with Gasteiger partial charge in [-0.15, -0.1) is 0 Å². The molecule has 1 aliphatic heterocycles. The quantitative estimate of drug-likeness (QED) is 0.833. The molecule has 1 N–H and O–H groups in total. The molecular weight excluding hydrogens is 232 g/mol. The Balaban J connectivity index is 2.22. The van der Waals surface area contributed by atoms with Crippen LogP contribution in [0.3, 0.4) is 0 Å². The number of piperazine rings is 1. The van der Waals surface area contributed by atoms with Crippen LogP contribution in [0, 0.1) is 0 Å². The predicted octanol–water partition coefficient (Wildman–Crippen LogP) is 0.705. The maximum atomic E-state index is 10.9. The number of rotatable bonds is 2.